The van der Waals surface area contributed by atoms with E-state index in [1.54, 1.807) is 12.4 Å². The van der Waals surface area contributed by atoms with E-state index in [0.29, 0.717) is 0 Å². The monoisotopic (exact) mass is 225 g/mol. The molecule has 0 bridgehead atoms. The van der Waals surface area contributed by atoms with E-state index in [-0.39, 0.29) is 17.6 Å². The minimum Gasteiger partial charge on any atom is -0.282 e. The topological polar surface area (TPSA) is 30.0 Å². The van der Waals surface area contributed by atoms with Gasteiger partial charge < -0.3 is 0 Å². The molecule has 1 aromatic rings. The Kier molecular flexibility index (Phi) is 10.5. The minimum absolute atomic E-state index is 0. The van der Waals surface area contributed by atoms with Crippen molar-refractivity contribution in [3.63, 3.8) is 0 Å². The van der Waals surface area contributed by atoms with Gasteiger partial charge in [-0.3, -0.25) is 9.78 Å². The summed E-state index contributed by atoms with van der Waals surface area (Å²) in [5.41, 5.74) is 0. The maximum absolute atomic E-state index is 9.21. The molecule has 1 rings (SSSR count). The Morgan fingerprint density at radius 3 is 2.00 bits per heavy atom. The molecule has 68 valence electrons. The molecule has 1 heterocycles. The van der Waals surface area contributed by atoms with E-state index in [4.69, 9.17) is 0 Å². The molecule has 0 aliphatic heterocycles. The number of halogens is 2. The molecule has 0 saturated heterocycles. The van der Waals surface area contributed by atoms with Crippen LogP contribution >= 0.6 is 36.6 Å². The summed E-state index contributed by atoms with van der Waals surface area (Å²) in [6.07, 6.45) is 3.42. The van der Waals surface area contributed by atoms with Crippen molar-refractivity contribution in [2.45, 2.75) is 11.8 Å². The van der Waals surface area contributed by atoms with Gasteiger partial charge in [-0.1, -0.05) is 0 Å². The molecule has 0 atom stereocenters. The lowest BCUT2D eigenvalue weighted by molar-refractivity contribution is -0.109. The average Bonchev–Trinajstić information content (AvgIpc) is 1.87. The predicted molar refractivity (Wildman–Crippen MR) is 55.3 cm³/mol. The first kappa shape index (κ1) is 14.3. The van der Waals surface area contributed by atoms with E-state index in [9.17, 15) is 4.79 Å². The molecule has 0 aliphatic rings. The molecule has 0 radical (unpaired) electrons. The lowest BCUT2D eigenvalue weighted by atomic mass is 10.5. The molecular weight excluding hydrogens is 217 g/mol. The van der Waals surface area contributed by atoms with E-state index in [1.807, 2.05) is 12.1 Å². The van der Waals surface area contributed by atoms with Crippen molar-refractivity contribution in [1.29, 1.82) is 0 Å². The predicted octanol–water partition coefficient (Wildman–Crippen LogP) is 2.56. The Balaban J connectivity index is 0. The normalized spacial score (nSPS) is 7.25. The lowest BCUT2D eigenvalue weighted by Crippen LogP contribution is -1.64. The van der Waals surface area contributed by atoms with Gasteiger partial charge in [0.25, 0.3) is 0 Å². The number of nitrogens with zero attached hydrogens (tertiary/aromatic N) is 1. The molecule has 0 amide bonds. The van der Waals surface area contributed by atoms with Crippen molar-refractivity contribution in [3.8, 4) is 0 Å². The SMILES string of the molecule is CC(=O)Cl.Cl.Sc1ccncc1. The fourth-order valence-electron chi connectivity index (χ4n) is 0.344. The van der Waals surface area contributed by atoms with Crippen LogP contribution in [-0.2, 0) is 4.79 Å². The largest absolute Gasteiger partial charge is 0.282 e. The van der Waals surface area contributed by atoms with Crippen LogP contribution in [0.5, 0.6) is 0 Å². The van der Waals surface area contributed by atoms with Crippen LogP contribution in [0.25, 0.3) is 0 Å². The quantitative estimate of drug-likeness (QED) is 0.544. The van der Waals surface area contributed by atoms with E-state index < -0.39 is 0 Å². The fourth-order valence-corrected chi connectivity index (χ4v) is 0.477. The van der Waals surface area contributed by atoms with Gasteiger partial charge in [0.2, 0.25) is 5.24 Å². The van der Waals surface area contributed by atoms with Crippen LogP contribution in [0.2, 0.25) is 0 Å². The van der Waals surface area contributed by atoms with Gasteiger partial charge in [-0.15, -0.1) is 25.0 Å². The van der Waals surface area contributed by atoms with Gasteiger partial charge in [0, 0.05) is 24.2 Å². The third-order valence-corrected chi connectivity index (χ3v) is 0.961. The van der Waals surface area contributed by atoms with E-state index >= 15 is 0 Å². The van der Waals surface area contributed by atoms with Crippen molar-refractivity contribution in [2.24, 2.45) is 0 Å². The fraction of sp³-hybridized carbons (Fsp3) is 0.143. The number of rotatable bonds is 0. The highest BCUT2D eigenvalue weighted by molar-refractivity contribution is 7.80. The van der Waals surface area contributed by atoms with Gasteiger partial charge >= 0.3 is 0 Å². The Morgan fingerprint density at radius 2 is 1.83 bits per heavy atom. The summed E-state index contributed by atoms with van der Waals surface area (Å²) >= 11 is 8.68. The highest BCUT2D eigenvalue weighted by atomic mass is 35.5. The summed E-state index contributed by atoms with van der Waals surface area (Å²) in [4.78, 5) is 14.0. The third-order valence-electron chi connectivity index (χ3n) is 0.663. The Bertz CT molecular complexity index is 214. The van der Waals surface area contributed by atoms with Gasteiger partial charge in [-0.25, -0.2) is 0 Å². The highest BCUT2D eigenvalue weighted by Crippen LogP contribution is 1.98. The summed E-state index contributed by atoms with van der Waals surface area (Å²) in [5, 5.41) is -0.361. The Morgan fingerprint density at radius 1 is 1.50 bits per heavy atom. The van der Waals surface area contributed by atoms with Crippen molar-refractivity contribution >= 4 is 41.9 Å². The first-order chi connectivity index (χ1) is 5.13. The zero-order valence-corrected chi connectivity index (χ0v) is 8.87. The van der Waals surface area contributed by atoms with Gasteiger partial charge in [-0.2, -0.15) is 0 Å². The molecule has 0 N–H and O–H groups in total. The molecular formula is C7H9Cl2NOS. The van der Waals surface area contributed by atoms with Gasteiger partial charge in [0.1, 0.15) is 0 Å². The van der Waals surface area contributed by atoms with Gasteiger partial charge in [0.05, 0.1) is 0 Å². The van der Waals surface area contributed by atoms with Crippen LogP contribution in [0, 0.1) is 0 Å². The molecule has 0 unspecified atom stereocenters. The van der Waals surface area contributed by atoms with Crippen molar-refractivity contribution < 1.29 is 4.79 Å². The number of hydrogen-bond donors (Lipinski definition) is 1. The van der Waals surface area contributed by atoms with Crippen LogP contribution in [0.15, 0.2) is 29.4 Å². The number of thiol groups is 1. The summed E-state index contributed by atoms with van der Waals surface area (Å²) in [7, 11) is 0. The molecule has 0 aliphatic carbocycles. The van der Waals surface area contributed by atoms with Gasteiger partial charge in [-0.05, 0) is 23.7 Å². The number of carbonyl (C=O) groups is 1. The standard InChI is InChI=1S/C5H5NS.C2H3ClO.ClH/c7-5-1-3-6-4-2-5;1-2(3)4;/h1-4H,(H,6,7);1H3;1H. The van der Waals surface area contributed by atoms with Crippen molar-refractivity contribution in [1.82, 2.24) is 4.98 Å². The lowest BCUT2D eigenvalue weighted by Gasteiger charge is -1.81. The smallest absolute Gasteiger partial charge is 0.218 e. The maximum Gasteiger partial charge on any atom is 0.218 e. The minimum atomic E-state index is -0.361. The summed E-state index contributed by atoms with van der Waals surface area (Å²) < 4.78 is 0. The molecule has 2 nitrogen and oxygen atoms in total. The van der Waals surface area contributed by atoms with Crippen LogP contribution < -0.4 is 0 Å². The van der Waals surface area contributed by atoms with Crippen LogP contribution in [-0.4, -0.2) is 10.2 Å². The Labute approximate surface area is 88.2 Å². The molecule has 5 heteroatoms. The third kappa shape index (κ3) is 12.4. The van der Waals surface area contributed by atoms with Crippen LogP contribution in [0.1, 0.15) is 6.92 Å². The Hall–Kier alpha value is -0.250. The average molecular weight is 226 g/mol. The van der Waals surface area contributed by atoms with Crippen LogP contribution in [0.3, 0.4) is 0 Å². The summed E-state index contributed by atoms with van der Waals surface area (Å²) in [5.74, 6) is 0. The number of pyridine rings is 1. The summed E-state index contributed by atoms with van der Waals surface area (Å²) in [6.45, 7) is 1.29. The van der Waals surface area contributed by atoms with Crippen molar-refractivity contribution in [3.05, 3.63) is 24.5 Å². The number of aromatic nitrogens is 1. The maximum atomic E-state index is 9.21. The zero-order chi connectivity index (χ0) is 8.69. The second kappa shape index (κ2) is 8.84. The van der Waals surface area contributed by atoms with E-state index in [1.165, 1.54) is 6.92 Å². The second-order valence-corrected chi connectivity index (χ2v) is 2.72. The van der Waals surface area contributed by atoms with E-state index in [0.717, 1.165) is 4.90 Å². The second-order valence-electron chi connectivity index (χ2n) is 1.68. The summed E-state index contributed by atoms with van der Waals surface area (Å²) in [6, 6.07) is 3.67. The molecule has 0 fully saturated rings. The first-order valence-corrected chi connectivity index (χ1v) is 3.70. The molecule has 0 aromatic carbocycles. The molecule has 12 heavy (non-hydrogen) atoms. The van der Waals surface area contributed by atoms with E-state index in [2.05, 4.69) is 29.2 Å². The number of hydrogen-bond acceptors (Lipinski definition) is 3. The zero-order valence-electron chi connectivity index (χ0n) is 6.40. The number of carbonyl (C=O) groups excluding carboxylic acids is 1. The van der Waals surface area contributed by atoms with Crippen molar-refractivity contribution in [2.75, 3.05) is 0 Å². The molecule has 0 saturated carbocycles. The van der Waals surface area contributed by atoms with Crippen LogP contribution in [0.4, 0.5) is 0 Å². The molecule has 0 spiro atoms. The molecule has 1 aromatic heterocycles. The first-order valence-electron chi connectivity index (χ1n) is 2.88. The van der Waals surface area contributed by atoms with Gasteiger partial charge in [0.15, 0.2) is 0 Å². The highest BCUT2D eigenvalue weighted by Gasteiger charge is 1.74.